The Kier molecular flexibility index (Phi) is 3.26. The minimum atomic E-state index is -0.263. The predicted octanol–water partition coefficient (Wildman–Crippen LogP) is -0.278. The molecule has 1 saturated heterocycles. The molecule has 0 radical (unpaired) electrons. The second-order valence-corrected chi connectivity index (χ2v) is 2.69. The molecule has 2 N–H and O–H groups in total. The van der Waals surface area contributed by atoms with Crippen LogP contribution in [0.25, 0.3) is 0 Å². The molecule has 1 aliphatic heterocycles. The zero-order chi connectivity index (χ0) is 8.27. The summed E-state index contributed by atoms with van der Waals surface area (Å²) in [7, 11) is 3.26. The molecule has 0 aromatic heterocycles. The Bertz CT molecular complexity index is 120. The fourth-order valence-electron chi connectivity index (χ4n) is 1.22. The van der Waals surface area contributed by atoms with Gasteiger partial charge in [0.1, 0.15) is 0 Å². The van der Waals surface area contributed by atoms with Crippen molar-refractivity contribution in [2.75, 3.05) is 20.8 Å². The van der Waals surface area contributed by atoms with Crippen molar-refractivity contribution in [2.45, 2.75) is 24.9 Å². The van der Waals surface area contributed by atoms with E-state index in [1.165, 1.54) is 0 Å². The van der Waals surface area contributed by atoms with Gasteiger partial charge < -0.3 is 19.9 Å². The number of hydrogen-bond acceptors (Lipinski definition) is 4. The highest BCUT2D eigenvalue weighted by Gasteiger charge is 2.28. The van der Waals surface area contributed by atoms with Crippen LogP contribution in [0.15, 0.2) is 0 Å². The lowest BCUT2D eigenvalue weighted by molar-refractivity contribution is -0.187. The van der Waals surface area contributed by atoms with E-state index in [9.17, 15) is 0 Å². The van der Waals surface area contributed by atoms with E-state index in [1.54, 1.807) is 14.2 Å². The molecule has 0 spiro atoms. The molecule has 1 heterocycles. The van der Waals surface area contributed by atoms with Gasteiger partial charge in [0.2, 0.25) is 0 Å². The van der Waals surface area contributed by atoms with Crippen LogP contribution in [0.1, 0.15) is 6.42 Å². The van der Waals surface area contributed by atoms with E-state index in [-0.39, 0.29) is 18.4 Å². The molecular weight excluding hydrogens is 146 g/mol. The van der Waals surface area contributed by atoms with Crippen molar-refractivity contribution < 1.29 is 14.2 Å². The maximum absolute atomic E-state index is 5.73. The van der Waals surface area contributed by atoms with Crippen LogP contribution in [-0.2, 0) is 14.2 Å². The second kappa shape index (κ2) is 4.01. The lowest BCUT2D eigenvalue weighted by Gasteiger charge is -2.32. The van der Waals surface area contributed by atoms with Crippen LogP contribution in [0.2, 0.25) is 0 Å². The second-order valence-electron chi connectivity index (χ2n) is 2.69. The number of hydrogen-bond donors (Lipinski definition) is 1. The van der Waals surface area contributed by atoms with Crippen molar-refractivity contribution in [1.29, 1.82) is 0 Å². The molecular formula is C7H15NO3. The molecule has 0 aromatic carbocycles. The summed E-state index contributed by atoms with van der Waals surface area (Å²) in [5.41, 5.74) is 5.73. The van der Waals surface area contributed by atoms with Crippen LogP contribution >= 0.6 is 0 Å². The van der Waals surface area contributed by atoms with E-state index in [2.05, 4.69) is 0 Å². The van der Waals surface area contributed by atoms with Crippen molar-refractivity contribution in [2.24, 2.45) is 5.73 Å². The van der Waals surface area contributed by atoms with Gasteiger partial charge in [0.15, 0.2) is 6.29 Å². The lowest BCUT2D eigenvalue weighted by Crippen LogP contribution is -2.47. The molecule has 11 heavy (non-hydrogen) atoms. The summed E-state index contributed by atoms with van der Waals surface area (Å²) >= 11 is 0. The Labute approximate surface area is 66.6 Å². The van der Waals surface area contributed by atoms with Crippen LogP contribution < -0.4 is 5.73 Å². The SMILES string of the molecule is CO[C@@H]1CO[C@@H](OC)C(N)C1. The molecule has 0 amide bonds. The van der Waals surface area contributed by atoms with Gasteiger partial charge >= 0.3 is 0 Å². The molecule has 1 aliphatic rings. The highest BCUT2D eigenvalue weighted by atomic mass is 16.7. The maximum Gasteiger partial charge on any atom is 0.172 e. The molecule has 0 saturated carbocycles. The Hall–Kier alpha value is -0.160. The Morgan fingerprint density at radius 2 is 2.09 bits per heavy atom. The first kappa shape index (κ1) is 8.93. The molecule has 4 nitrogen and oxygen atoms in total. The van der Waals surface area contributed by atoms with Crippen LogP contribution in [0, 0.1) is 0 Å². The summed E-state index contributed by atoms with van der Waals surface area (Å²) in [5.74, 6) is 0. The van der Waals surface area contributed by atoms with Crippen LogP contribution in [0.4, 0.5) is 0 Å². The van der Waals surface area contributed by atoms with Crippen LogP contribution in [0.5, 0.6) is 0 Å². The fraction of sp³-hybridized carbons (Fsp3) is 1.00. The lowest BCUT2D eigenvalue weighted by atomic mass is 10.1. The number of ether oxygens (including phenoxy) is 3. The maximum atomic E-state index is 5.73. The first-order valence-electron chi connectivity index (χ1n) is 3.70. The minimum absolute atomic E-state index is 0.0706. The standard InChI is InChI=1S/C7H15NO3/c1-9-5-3-6(8)7(10-2)11-4-5/h5-7H,3-4,8H2,1-2H3/t5-,6?,7+/m0/s1. The van der Waals surface area contributed by atoms with E-state index < -0.39 is 0 Å². The Balaban J connectivity index is 2.34. The third-order valence-electron chi connectivity index (χ3n) is 1.90. The van der Waals surface area contributed by atoms with E-state index in [0.717, 1.165) is 6.42 Å². The van der Waals surface area contributed by atoms with E-state index in [4.69, 9.17) is 19.9 Å². The number of methoxy groups -OCH3 is 2. The average molecular weight is 161 g/mol. The third-order valence-corrected chi connectivity index (χ3v) is 1.90. The van der Waals surface area contributed by atoms with Gasteiger partial charge in [-0.05, 0) is 6.42 Å². The molecule has 1 fully saturated rings. The Morgan fingerprint density at radius 1 is 1.36 bits per heavy atom. The topological polar surface area (TPSA) is 53.7 Å². The van der Waals surface area contributed by atoms with Crippen molar-refractivity contribution in [1.82, 2.24) is 0 Å². The zero-order valence-corrected chi connectivity index (χ0v) is 6.95. The van der Waals surface area contributed by atoms with Gasteiger partial charge in [-0.25, -0.2) is 0 Å². The van der Waals surface area contributed by atoms with Crippen molar-refractivity contribution >= 4 is 0 Å². The first-order chi connectivity index (χ1) is 5.27. The number of nitrogens with two attached hydrogens (primary N) is 1. The van der Waals surface area contributed by atoms with E-state index >= 15 is 0 Å². The minimum Gasteiger partial charge on any atom is -0.379 e. The predicted molar refractivity (Wildman–Crippen MR) is 40.1 cm³/mol. The summed E-state index contributed by atoms with van der Waals surface area (Å²) in [6, 6.07) is -0.0706. The highest BCUT2D eigenvalue weighted by Crippen LogP contribution is 2.14. The molecule has 4 heteroatoms. The summed E-state index contributed by atoms with van der Waals surface area (Å²) in [6.45, 7) is 0.572. The molecule has 0 aliphatic carbocycles. The summed E-state index contributed by atoms with van der Waals surface area (Å²) in [4.78, 5) is 0. The van der Waals surface area contributed by atoms with Gasteiger partial charge in [0.25, 0.3) is 0 Å². The van der Waals surface area contributed by atoms with Crippen LogP contribution in [-0.4, -0.2) is 39.3 Å². The van der Waals surface area contributed by atoms with Crippen molar-refractivity contribution in [3.8, 4) is 0 Å². The highest BCUT2D eigenvalue weighted by molar-refractivity contribution is 4.76. The van der Waals surface area contributed by atoms with Gasteiger partial charge in [-0.2, -0.15) is 0 Å². The van der Waals surface area contributed by atoms with Gasteiger partial charge in [0, 0.05) is 14.2 Å². The van der Waals surface area contributed by atoms with Crippen LogP contribution in [0.3, 0.4) is 0 Å². The van der Waals surface area contributed by atoms with Gasteiger partial charge in [-0.1, -0.05) is 0 Å². The summed E-state index contributed by atoms with van der Waals surface area (Å²) in [5, 5.41) is 0. The molecule has 3 atom stereocenters. The first-order valence-corrected chi connectivity index (χ1v) is 3.70. The quantitative estimate of drug-likeness (QED) is 0.605. The number of rotatable bonds is 2. The van der Waals surface area contributed by atoms with Crippen molar-refractivity contribution in [3.05, 3.63) is 0 Å². The fourth-order valence-corrected chi connectivity index (χ4v) is 1.22. The van der Waals surface area contributed by atoms with E-state index in [0.29, 0.717) is 6.61 Å². The average Bonchev–Trinajstić information content (AvgIpc) is 2.04. The summed E-state index contributed by atoms with van der Waals surface area (Å²) in [6.07, 6.45) is 0.660. The molecule has 1 rings (SSSR count). The molecule has 66 valence electrons. The largest absolute Gasteiger partial charge is 0.379 e. The van der Waals surface area contributed by atoms with Crippen molar-refractivity contribution in [3.63, 3.8) is 0 Å². The third kappa shape index (κ3) is 2.13. The Morgan fingerprint density at radius 3 is 2.55 bits per heavy atom. The molecule has 1 unspecified atom stereocenters. The smallest absolute Gasteiger partial charge is 0.172 e. The molecule has 0 bridgehead atoms. The molecule has 0 aromatic rings. The van der Waals surface area contributed by atoms with E-state index in [1.807, 2.05) is 0 Å². The monoisotopic (exact) mass is 161 g/mol. The van der Waals surface area contributed by atoms with Gasteiger partial charge in [-0.3, -0.25) is 0 Å². The zero-order valence-electron chi connectivity index (χ0n) is 6.95. The summed E-state index contributed by atoms with van der Waals surface area (Å²) < 4.78 is 15.4. The van der Waals surface area contributed by atoms with Gasteiger partial charge in [-0.15, -0.1) is 0 Å². The van der Waals surface area contributed by atoms with Gasteiger partial charge in [0.05, 0.1) is 18.8 Å². The normalized spacial score (nSPS) is 39.0.